The van der Waals surface area contributed by atoms with E-state index in [-0.39, 0.29) is 12.0 Å². The van der Waals surface area contributed by atoms with Crippen LogP contribution in [-0.2, 0) is 4.74 Å². The smallest absolute Gasteiger partial charge is 0.407 e. The highest BCUT2D eigenvalue weighted by atomic mass is 79.9. The molecule has 0 fully saturated rings. The fourth-order valence-corrected chi connectivity index (χ4v) is 2.55. The summed E-state index contributed by atoms with van der Waals surface area (Å²) >= 11 is 3.46. The van der Waals surface area contributed by atoms with Crippen LogP contribution in [0.3, 0.4) is 0 Å². The number of ether oxygens (including phenoxy) is 1. The van der Waals surface area contributed by atoms with Crippen LogP contribution in [0, 0.1) is 0 Å². The van der Waals surface area contributed by atoms with E-state index < -0.39 is 5.60 Å². The maximum absolute atomic E-state index is 11.7. The number of aromatic amines is 1. The van der Waals surface area contributed by atoms with Crippen molar-refractivity contribution in [3.05, 3.63) is 34.4 Å². The predicted molar refractivity (Wildman–Crippen MR) is 88.7 cm³/mol. The Morgan fingerprint density at radius 2 is 2.14 bits per heavy atom. The number of fused-ring (bicyclic) bond motifs is 1. The van der Waals surface area contributed by atoms with Gasteiger partial charge in [0.1, 0.15) is 5.60 Å². The number of hydrogen-bond donors (Lipinski definition) is 2. The molecular formula is C16H21BrN2O2. The van der Waals surface area contributed by atoms with Crippen LogP contribution in [0.2, 0.25) is 0 Å². The quantitative estimate of drug-likeness (QED) is 0.850. The van der Waals surface area contributed by atoms with Crippen molar-refractivity contribution in [2.24, 2.45) is 0 Å². The lowest BCUT2D eigenvalue weighted by Gasteiger charge is -2.20. The fraction of sp³-hybridized carbons (Fsp3) is 0.438. The minimum Gasteiger partial charge on any atom is -0.444 e. The summed E-state index contributed by atoms with van der Waals surface area (Å²) in [7, 11) is 0. The van der Waals surface area contributed by atoms with Gasteiger partial charge in [0.2, 0.25) is 0 Å². The number of amides is 1. The number of carbonyl (C=O) groups is 1. The zero-order valence-electron chi connectivity index (χ0n) is 12.8. The molecule has 21 heavy (non-hydrogen) atoms. The standard InChI is InChI=1S/C16H21BrN2O2/c1-10(8-19-15(20)21-16(2,3)4)13-9-18-14-7-11(17)5-6-12(13)14/h5-7,9-10,18H,8H2,1-4H3,(H,19,20). The number of halogens is 1. The summed E-state index contributed by atoms with van der Waals surface area (Å²) < 4.78 is 6.29. The second-order valence-corrected chi connectivity index (χ2v) is 7.13. The molecule has 1 heterocycles. The van der Waals surface area contributed by atoms with Crippen molar-refractivity contribution in [3.63, 3.8) is 0 Å². The van der Waals surface area contributed by atoms with Gasteiger partial charge in [0.05, 0.1) is 0 Å². The first-order chi connectivity index (χ1) is 9.76. The molecule has 5 heteroatoms. The van der Waals surface area contributed by atoms with Crippen LogP contribution in [0.1, 0.15) is 39.2 Å². The molecular weight excluding hydrogens is 332 g/mol. The molecule has 0 bridgehead atoms. The van der Waals surface area contributed by atoms with Gasteiger partial charge in [0, 0.05) is 34.0 Å². The minimum atomic E-state index is -0.472. The zero-order valence-corrected chi connectivity index (χ0v) is 14.4. The Morgan fingerprint density at radius 1 is 1.43 bits per heavy atom. The zero-order chi connectivity index (χ0) is 15.6. The average Bonchev–Trinajstić information content (AvgIpc) is 2.76. The van der Waals surface area contributed by atoms with Crippen LogP contribution in [0.4, 0.5) is 4.79 Å². The molecule has 0 radical (unpaired) electrons. The molecule has 0 aliphatic rings. The molecule has 1 aromatic heterocycles. The first-order valence-corrected chi connectivity index (χ1v) is 7.79. The van der Waals surface area contributed by atoms with Crippen molar-refractivity contribution in [2.45, 2.75) is 39.2 Å². The monoisotopic (exact) mass is 352 g/mol. The number of H-pyrrole nitrogens is 1. The van der Waals surface area contributed by atoms with Crippen LogP contribution >= 0.6 is 15.9 Å². The molecule has 4 nitrogen and oxygen atoms in total. The molecule has 0 saturated carbocycles. The van der Waals surface area contributed by atoms with Crippen LogP contribution in [0.5, 0.6) is 0 Å². The van der Waals surface area contributed by atoms with Crippen molar-refractivity contribution in [2.75, 3.05) is 6.54 Å². The van der Waals surface area contributed by atoms with E-state index in [4.69, 9.17) is 4.74 Å². The van der Waals surface area contributed by atoms with Gasteiger partial charge in [-0.3, -0.25) is 0 Å². The van der Waals surface area contributed by atoms with E-state index in [9.17, 15) is 4.79 Å². The van der Waals surface area contributed by atoms with E-state index in [1.54, 1.807) is 0 Å². The average molecular weight is 353 g/mol. The number of benzene rings is 1. The van der Waals surface area contributed by atoms with Gasteiger partial charge in [-0.25, -0.2) is 4.79 Å². The largest absolute Gasteiger partial charge is 0.444 e. The predicted octanol–water partition coefficient (Wildman–Crippen LogP) is 4.56. The first-order valence-electron chi connectivity index (χ1n) is 6.99. The van der Waals surface area contributed by atoms with Crippen molar-refractivity contribution in [1.82, 2.24) is 10.3 Å². The summed E-state index contributed by atoms with van der Waals surface area (Å²) in [6.07, 6.45) is 1.62. The molecule has 0 aliphatic heterocycles. The maximum Gasteiger partial charge on any atom is 0.407 e. The lowest BCUT2D eigenvalue weighted by atomic mass is 10.0. The Balaban J connectivity index is 2.02. The normalized spacial score (nSPS) is 13.2. The molecule has 1 aromatic carbocycles. The Labute approximate surface area is 133 Å². The molecule has 1 atom stereocenters. The van der Waals surface area contributed by atoms with Gasteiger partial charge in [-0.15, -0.1) is 0 Å². The highest BCUT2D eigenvalue weighted by Gasteiger charge is 2.17. The Kier molecular flexibility index (Phi) is 4.61. The number of alkyl carbamates (subject to hydrolysis) is 1. The van der Waals surface area contributed by atoms with Gasteiger partial charge >= 0.3 is 6.09 Å². The molecule has 0 aliphatic carbocycles. The van der Waals surface area contributed by atoms with Crippen molar-refractivity contribution in [3.8, 4) is 0 Å². The molecule has 2 aromatic rings. The van der Waals surface area contributed by atoms with E-state index in [1.165, 1.54) is 10.9 Å². The van der Waals surface area contributed by atoms with Gasteiger partial charge in [-0.2, -0.15) is 0 Å². The van der Waals surface area contributed by atoms with Gasteiger partial charge in [-0.05, 0) is 38.5 Å². The topological polar surface area (TPSA) is 54.1 Å². The molecule has 114 valence electrons. The number of nitrogens with one attached hydrogen (secondary N) is 2. The van der Waals surface area contributed by atoms with E-state index >= 15 is 0 Å². The first kappa shape index (κ1) is 15.9. The lowest BCUT2D eigenvalue weighted by molar-refractivity contribution is 0.0525. The minimum absolute atomic E-state index is 0.201. The van der Waals surface area contributed by atoms with Crippen molar-refractivity contribution < 1.29 is 9.53 Å². The highest BCUT2D eigenvalue weighted by Crippen LogP contribution is 2.27. The Bertz CT molecular complexity index is 643. The summed E-state index contributed by atoms with van der Waals surface area (Å²) in [5, 5.41) is 4.00. The summed E-state index contributed by atoms with van der Waals surface area (Å²) in [6, 6.07) is 6.15. The summed E-state index contributed by atoms with van der Waals surface area (Å²) in [6.45, 7) is 8.19. The molecule has 1 amide bonds. The van der Waals surface area contributed by atoms with Gasteiger partial charge in [0.15, 0.2) is 0 Å². The van der Waals surface area contributed by atoms with Gasteiger partial charge in [-0.1, -0.05) is 28.9 Å². The van der Waals surface area contributed by atoms with Crippen LogP contribution in [-0.4, -0.2) is 23.2 Å². The second kappa shape index (κ2) is 6.10. The summed E-state index contributed by atoms with van der Waals surface area (Å²) in [5.41, 5.74) is 1.80. The van der Waals surface area contributed by atoms with E-state index in [1.807, 2.05) is 39.1 Å². The Morgan fingerprint density at radius 3 is 2.81 bits per heavy atom. The van der Waals surface area contributed by atoms with Crippen LogP contribution < -0.4 is 5.32 Å². The van der Waals surface area contributed by atoms with Crippen LogP contribution in [0.25, 0.3) is 10.9 Å². The molecule has 0 saturated heterocycles. The van der Waals surface area contributed by atoms with Gasteiger partial charge in [0.25, 0.3) is 0 Å². The van der Waals surface area contributed by atoms with E-state index in [0.29, 0.717) is 6.54 Å². The second-order valence-electron chi connectivity index (χ2n) is 6.22. The third kappa shape index (κ3) is 4.24. The summed E-state index contributed by atoms with van der Waals surface area (Å²) in [4.78, 5) is 15.0. The van der Waals surface area contributed by atoms with Crippen molar-refractivity contribution in [1.29, 1.82) is 0 Å². The number of hydrogen-bond acceptors (Lipinski definition) is 2. The fourth-order valence-electron chi connectivity index (χ4n) is 2.19. The maximum atomic E-state index is 11.7. The van der Waals surface area contributed by atoms with Crippen LogP contribution in [0.15, 0.2) is 28.9 Å². The molecule has 1 unspecified atom stereocenters. The summed E-state index contributed by atoms with van der Waals surface area (Å²) in [5.74, 6) is 0.201. The molecule has 2 N–H and O–H groups in total. The third-order valence-corrected chi connectivity index (χ3v) is 3.65. The van der Waals surface area contributed by atoms with Crippen molar-refractivity contribution >= 4 is 32.9 Å². The third-order valence-electron chi connectivity index (χ3n) is 3.16. The number of carbonyl (C=O) groups excluding carboxylic acids is 1. The Hall–Kier alpha value is -1.49. The molecule has 2 rings (SSSR count). The highest BCUT2D eigenvalue weighted by molar-refractivity contribution is 9.10. The lowest BCUT2D eigenvalue weighted by Crippen LogP contribution is -2.34. The van der Waals surface area contributed by atoms with Gasteiger partial charge < -0.3 is 15.0 Å². The SMILES string of the molecule is CC(CNC(=O)OC(C)(C)C)c1c[nH]c2cc(Br)ccc12. The van der Waals surface area contributed by atoms with E-state index in [2.05, 4.69) is 39.2 Å². The molecule has 0 spiro atoms. The number of aromatic nitrogens is 1. The van der Waals surface area contributed by atoms with E-state index in [0.717, 1.165) is 9.99 Å². The number of rotatable bonds is 3.